The molecule has 4 aromatic carbocycles. The highest BCUT2D eigenvalue weighted by atomic mass is 79.9. The molecule has 220 valence electrons. The first-order chi connectivity index (χ1) is 20.2. The van der Waals surface area contributed by atoms with E-state index in [9.17, 15) is 18.0 Å². The van der Waals surface area contributed by atoms with E-state index in [0.29, 0.717) is 12.2 Å². The van der Waals surface area contributed by atoms with Crippen LogP contribution in [0.2, 0.25) is 0 Å². The van der Waals surface area contributed by atoms with Gasteiger partial charge in [-0.2, -0.15) is 0 Å². The van der Waals surface area contributed by atoms with Crippen LogP contribution in [0.3, 0.4) is 0 Å². The van der Waals surface area contributed by atoms with Crippen LogP contribution in [0.4, 0.5) is 5.69 Å². The Morgan fingerprint density at radius 2 is 1.55 bits per heavy atom. The van der Waals surface area contributed by atoms with Crippen LogP contribution < -0.4 is 9.62 Å². The summed E-state index contributed by atoms with van der Waals surface area (Å²) in [5, 5.41) is 4.58. The van der Waals surface area contributed by atoms with Crippen LogP contribution in [-0.4, -0.2) is 50.5 Å². The number of nitrogens with one attached hydrogen (secondary N) is 1. The molecule has 0 spiro atoms. The number of carbonyl (C=O) groups excluding carboxylic acids is 2. The van der Waals surface area contributed by atoms with Gasteiger partial charge in [0.1, 0.15) is 12.6 Å². The zero-order valence-corrected chi connectivity index (χ0v) is 26.3. The molecule has 0 saturated carbocycles. The first-order valence-electron chi connectivity index (χ1n) is 14.0. The average Bonchev–Trinajstić information content (AvgIpc) is 2.97. The summed E-state index contributed by atoms with van der Waals surface area (Å²) in [6.07, 6.45) is 3.11. The molecule has 0 fully saturated rings. The lowest BCUT2D eigenvalue weighted by Gasteiger charge is -2.33. The second-order valence-corrected chi connectivity index (χ2v) is 13.1. The lowest BCUT2D eigenvalue weighted by Crippen LogP contribution is -2.53. The van der Waals surface area contributed by atoms with Crippen molar-refractivity contribution in [2.75, 3.05) is 23.7 Å². The van der Waals surface area contributed by atoms with Gasteiger partial charge in [0.05, 0.1) is 11.9 Å². The minimum absolute atomic E-state index is 0.129. The van der Waals surface area contributed by atoms with Gasteiger partial charge in [0.2, 0.25) is 21.8 Å². The molecule has 7 nitrogen and oxygen atoms in total. The van der Waals surface area contributed by atoms with Crippen molar-refractivity contribution in [1.29, 1.82) is 0 Å². The number of anilines is 1. The summed E-state index contributed by atoms with van der Waals surface area (Å²) in [6.45, 7) is 2.22. The van der Waals surface area contributed by atoms with E-state index in [1.54, 1.807) is 12.1 Å². The second kappa shape index (κ2) is 14.5. The van der Waals surface area contributed by atoms with Gasteiger partial charge < -0.3 is 10.2 Å². The molecular weight excluding hydrogens is 614 g/mol. The number of amides is 2. The van der Waals surface area contributed by atoms with Crippen molar-refractivity contribution in [1.82, 2.24) is 10.2 Å². The van der Waals surface area contributed by atoms with E-state index in [4.69, 9.17) is 0 Å². The number of fused-ring (bicyclic) bond motifs is 1. The van der Waals surface area contributed by atoms with Crippen LogP contribution in [0, 0.1) is 0 Å². The van der Waals surface area contributed by atoms with Gasteiger partial charge in [-0.25, -0.2) is 8.42 Å². The summed E-state index contributed by atoms with van der Waals surface area (Å²) in [6, 6.07) is 29.1. The maximum absolute atomic E-state index is 14.3. The van der Waals surface area contributed by atoms with E-state index in [0.717, 1.165) is 49.8 Å². The van der Waals surface area contributed by atoms with Gasteiger partial charge in [-0.15, -0.1) is 0 Å². The van der Waals surface area contributed by atoms with Gasteiger partial charge in [0, 0.05) is 29.4 Å². The van der Waals surface area contributed by atoms with Gasteiger partial charge >= 0.3 is 0 Å². The van der Waals surface area contributed by atoms with Crippen LogP contribution in [0.15, 0.2) is 102 Å². The predicted octanol–water partition coefficient (Wildman–Crippen LogP) is 5.92. The normalized spacial score (nSPS) is 12.1. The third-order valence-corrected chi connectivity index (χ3v) is 8.68. The topological polar surface area (TPSA) is 86.8 Å². The fraction of sp³-hybridized carbons (Fsp3) is 0.273. The number of rotatable bonds is 13. The Kier molecular flexibility index (Phi) is 10.8. The largest absolute Gasteiger partial charge is 0.354 e. The molecule has 9 heteroatoms. The van der Waals surface area contributed by atoms with Crippen molar-refractivity contribution < 1.29 is 18.0 Å². The zero-order chi connectivity index (χ0) is 30.1. The first kappa shape index (κ1) is 31.3. The summed E-state index contributed by atoms with van der Waals surface area (Å²) in [5.74, 6) is -0.744. The van der Waals surface area contributed by atoms with Crippen molar-refractivity contribution in [3.63, 3.8) is 0 Å². The molecule has 0 bridgehead atoms. The Hall–Kier alpha value is -3.69. The van der Waals surface area contributed by atoms with Crippen molar-refractivity contribution in [2.24, 2.45) is 0 Å². The fourth-order valence-corrected chi connectivity index (χ4v) is 6.22. The smallest absolute Gasteiger partial charge is 0.244 e. The maximum Gasteiger partial charge on any atom is 0.244 e. The molecule has 0 aliphatic rings. The monoisotopic (exact) mass is 649 g/mol. The van der Waals surface area contributed by atoms with Crippen molar-refractivity contribution in [2.45, 2.75) is 38.8 Å². The van der Waals surface area contributed by atoms with Crippen LogP contribution in [0.5, 0.6) is 0 Å². The van der Waals surface area contributed by atoms with Gasteiger partial charge in [-0.3, -0.25) is 13.9 Å². The van der Waals surface area contributed by atoms with Gasteiger partial charge in [0.15, 0.2) is 0 Å². The standard InChI is InChI=1S/C33H36BrN3O4S/c1-3-4-20-35-33(39)31(22-25-12-6-5-7-13-25)36(23-26-14-10-17-28(34)21-26)32(38)24-37(42(2,40)41)30-19-11-16-27-15-8-9-18-29(27)30/h5-19,21,31H,3-4,20,22-24H2,1-2H3,(H,35,39)/t31-/m0/s1. The molecule has 1 atom stereocenters. The van der Waals surface area contributed by atoms with E-state index in [2.05, 4.69) is 21.2 Å². The molecule has 2 amide bonds. The number of benzene rings is 4. The van der Waals surface area contributed by atoms with E-state index >= 15 is 0 Å². The highest BCUT2D eigenvalue weighted by Crippen LogP contribution is 2.29. The lowest BCUT2D eigenvalue weighted by molar-refractivity contribution is -0.140. The number of unbranched alkanes of at least 4 members (excludes halogenated alkanes) is 1. The first-order valence-corrected chi connectivity index (χ1v) is 16.6. The molecule has 42 heavy (non-hydrogen) atoms. The number of sulfonamides is 1. The van der Waals surface area contributed by atoms with Gasteiger partial charge in [-0.05, 0) is 41.1 Å². The number of halogens is 1. The second-order valence-electron chi connectivity index (χ2n) is 10.3. The minimum Gasteiger partial charge on any atom is -0.354 e. The Morgan fingerprint density at radius 3 is 2.26 bits per heavy atom. The van der Waals surface area contributed by atoms with Crippen molar-refractivity contribution in [3.8, 4) is 0 Å². The number of carbonyl (C=O) groups is 2. The SMILES string of the molecule is CCCCNC(=O)[C@H](Cc1ccccc1)N(Cc1cccc(Br)c1)C(=O)CN(c1cccc2ccccc12)S(C)(=O)=O. The van der Waals surface area contributed by atoms with Crippen LogP contribution in [0.1, 0.15) is 30.9 Å². The molecule has 1 N–H and O–H groups in total. The Balaban J connectivity index is 1.76. The molecule has 0 aliphatic heterocycles. The molecule has 0 heterocycles. The van der Waals surface area contributed by atoms with Crippen molar-refractivity contribution >= 4 is 54.2 Å². The van der Waals surface area contributed by atoms with Gasteiger partial charge in [-0.1, -0.05) is 108 Å². The quantitative estimate of drug-likeness (QED) is 0.182. The summed E-state index contributed by atoms with van der Waals surface area (Å²) in [4.78, 5) is 29.5. The van der Waals surface area contributed by atoms with Crippen LogP contribution >= 0.6 is 15.9 Å². The van der Waals surface area contributed by atoms with E-state index in [1.807, 2.05) is 91.9 Å². The molecule has 0 radical (unpaired) electrons. The third kappa shape index (κ3) is 8.20. The molecule has 4 aromatic rings. The van der Waals surface area contributed by atoms with Crippen LogP contribution in [-0.2, 0) is 32.6 Å². The zero-order valence-electron chi connectivity index (χ0n) is 23.9. The molecular formula is C33H36BrN3O4S. The summed E-state index contributed by atoms with van der Waals surface area (Å²) in [7, 11) is -3.86. The Labute approximate surface area is 256 Å². The molecule has 0 aliphatic carbocycles. The van der Waals surface area contributed by atoms with E-state index < -0.39 is 28.5 Å². The average molecular weight is 651 g/mol. The number of hydrogen-bond acceptors (Lipinski definition) is 4. The van der Waals surface area contributed by atoms with E-state index in [1.165, 1.54) is 4.90 Å². The van der Waals surface area contributed by atoms with E-state index in [-0.39, 0.29) is 18.9 Å². The highest BCUT2D eigenvalue weighted by Gasteiger charge is 2.33. The maximum atomic E-state index is 14.3. The molecule has 0 saturated heterocycles. The lowest BCUT2D eigenvalue weighted by atomic mass is 10.0. The summed E-state index contributed by atoms with van der Waals surface area (Å²) in [5.41, 5.74) is 2.13. The highest BCUT2D eigenvalue weighted by molar-refractivity contribution is 9.10. The predicted molar refractivity (Wildman–Crippen MR) is 173 cm³/mol. The summed E-state index contributed by atoms with van der Waals surface area (Å²) < 4.78 is 28.3. The Bertz CT molecular complexity index is 1620. The minimum atomic E-state index is -3.86. The Morgan fingerprint density at radius 1 is 0.881 bits per heavy atom. The third-order valence-electron chi connectivity index (χ3n) is 7.06. The molecule has 0 unspecified atom stereocenters. The van der Waals surface area contributed by atoms with Crippen molar-refractivity contribution in [3.05, 3.63) is 113 Å². The van der Waals surface area contributed by atoms with Gasteiger partial charge in [0.25, 0.3) is 0 Å². The van der Waals surface area contributed by atoms with Crippen LogP contribution in [0.25, 0.3) is 10.8 Å². The summed E-state index contributed by atoms with van der Waals surface area (Å²) >= 11 is 3.50. The fourth-order valence-electron chi connectivity index (χ4n) is 4.91. The molecule has 4 rings (SSSR count). The number of hydrogen-bond donors (Lipinski definition) is 1. The number of nitrogens with zero attached hydrogens (tertiary/aromatic N) is 2. The molecule has 0 aromatic heterocycles.